The first-order chi connectivity index (χ1) is 10.2. The van der Waals surface area contributed by atoms with E-state index in [9.17, 15) is 13.2 Å². The van der Waals surface area contributed by atoms with Gasteiger partial charge in [-0.25, -0.2) is 13.4 Å². The molecule has 0 aliphatic carbocycles. The van der Waals surface area contributed by atoms with Crippen molar-refractivity contribution in [1.82, 2.24) is 9.88 Å². The summed E-state index contributed by atoms with van der Waals surface area (Å²) in [6.45, 7) is 1.70. The van der Waals surface area contributed by atoms with Crippen LogP contribution in [0.4, 0.5) is 0 Å². The van der Waals surface area contributed by atoms with Gasteiger partial charge in [0.1, 0.15) is 20.5 Å². The van der Waals surface area contributed by atoms with E-state index in [0.29, 0.717) is 10.0 Å². The maximum absolute atomic E-state index is 12.4. The van der Waals surface area contributed by atoms with Gasteiger partial charge in [0.2, 0.25) is 0 Å². The monoisotopic (exact) mass is 378 g/mol. The Morgan fingerprint density at radius 2 is 2.14 bits per heavy atom. The summed E-state index contributed by atoms with van der Waals surface area (Å²) >= 11 is 8.66. The molecule has 0 aliphatic heterocycles. The molecule has 120 valence electrons. The second-order valence-electron chi connectivity index (χ2n) is 5.00. The smallest absolute Gasteiger partial charge is 0.273 e. The number of thiazole rings is 1. The molecule has 0 radical (unpaired) electrons. The van der Waals surface area contributed by atoms with Crippen LogP contribution in [0.1, 0.15) is 17.4 Å². The average Bonchev–Trinajstić information content (AvgIpc) is 3.03. The Kier molecular flexibility index (Phi) is 5.26. The van der Waals surface area contributed by atoms with Gasteiger partial charge in [0, 0.05) is 24.7 Å². The van der Waals surface area contributed by atoms with Crippen LogP contribution in [0.3, 0.4) is 0 Å². The van der Waals surface area contributed by atoms with Crippen LogP contribution >= 0.6 is 34.3 Å². The first-order valence-electron chi connectivity index (χ1n) is 6.33. The zero-order chi connectivity index (χ0) is 16.5. The molecule has 0 aliphatic rings. The number of halogens is 1. The normalized spacial score (nSPS) is 13.1. The molecule has 2 aromatic heterocycles. The molecule has 0 spiro atoms. The lowest BCUT2D eigenvalue weighted by molar-refractivity contribution is 0.0752. The van der Waals surface area contributed by atoms with Gasteiger partial charge in [-0.15, -0.1) is 22.7 Å². The molecule has 0 saturated heterocycles. The summed E-state index contributed by atoms with van der Waals surface area (Å²) in [6.07, 6.45) is 1.16. The van der Waals surface area contributed by atoms with Crippen LogP contribution in [0.25, 0.3) is 9.88 Å². The van der Waals surface area contributed by atoms with E-state index in [2.05, 4.69) is 4.98 Å². The second kappa shape index (κ2) is 6.66. The molecule has 2 rings (SSSR count). The van der Waals surface area contributed by atoms with Crippen molar-refractivity contribution >= 4 is 50.0 Å². The van der Waals surface area contributed by atoms with Crippen molar-refractivity contribution in [2.24, 2.45) is 0 Å². The molecule has 0 N–H and O–H groups in total. The molecule has 2 heterocycles. The van der Waals surface area contributed by atoms with E-state index in [1.807, 2.05) is 6.07 Å². The quantitative estimate of drug-likeness (QED) is 0.801. The fourth-order valence-corrected chi connectivity index (χ4v) is 4.85. The molecule has 0 aromatic carbocycles. The van der Waals surface area contributed by atoms with E-state index in [1.165, 1.54) is 27.6 Å². The lowest BCUT2D eigenvalue weighted by Gasteiger charge is -2.23. The van der Waals surface area contributed by atoms with E-state index in [-0.39, 0.29) is 11.7 Å². The largest absolute Gasteiger partial charge is 0.337 e. The third-order valence-corrected chi connectivity index (χ3v) is 6.36. The molecule has 0 bridgehead atoms. The van der Waals surface area contributed by atoms with Gasteiger partial charge in [0.05, 0.1) is 15.0 Å². The van der Waals surface area contributed by atoms with E-state index in [0.717, 1.165) is 16.1 Å². The van der Waals surface area contributed by atoms with Crippen LogP contribution in [0.5, 0.6) is 0 Å². The number of hydrogen-bond donors (Lipinski definition) is 0. The van der Waals surface area contributed by atoms with Crippen molar-refractivity contribution in [3.8, 4) is 9.88 Å². The maximum atomic E-state index is 12.4. The van der Waals surface area contributed by atoms with Crippen LogP contribution in [0.15, 0.2) is 17.5 Å². The summed E-state index contributed by atoms with van der Waals surface area (Å²) in [4.78, 5) is 19.0. The zero-order valence-corrected chi connectivity index (χ0v) is 15.4. The molecule has 0 saturated carbocycles. The Balaban J connectivity index is 2.15. The summed E-state index contributed by atoms with van der Waals surface area (Å²) in [5.74, 6) is -0.367. The second-order valence-corrected chi connectivity index (χ2v) is 9.76. The third-order valence-electron chi connectivity index (χ3n) is 3.03. The Morgan fingerprint density at radius 1 is 1.45 bits per heavy atom. The molecule has 1 atom stereocenters. The van der Waals surface area contributed by atoms with Crippen LogP contribution in [-0.4, -0.2) is 49.3 Å². The summed E-state index contributed by atoms with van der Waals surface area (Å²) in [5.41, 5.74) is 0.312. The van der Waals surface area contributed by atoms with Gasteiger partial charge in [0.25, 0.3) is 5.91 Å². The number of sulfone groups is 1. The molecule has 1 unspecified atom stereocenters. The SMILES string of the molecule is CC(CS(C)(=O)=O)N(C)C(=O)c1csc(-c2ccc(Cl)s2)n1. The highest BCUT2D eigenvalue weighted by Gasteiger charge is 2.23. The minimum atomic E-state index is -3.14. The summed E-state index contributed by atoms with van der Waals surface area (Å²) in [7, 11) is -1.56. The first kappa shape index (κ1) is 17.4. The number of aromatic nitrogens is 1. The van der Waals surface area contributed by atoms with Crippen molar-refractivity contribution in [3.05, 3.63) is 27.5 Å². The van der Waals surface area contributed by atoms with Gasteiger partial charge < -0.3 is 4.90 Å². The number of thiophene rings is 1. The summed E-state index contributed by atoms with van der Waals surface area (Å²) in [5, 5.41) is 2.40. The minimum Gasteiger partial charge on any atom is -0.337 e. The average molecular weight is 379 g/mol. The van der Waals surface area contributed by atoms with Crippen LogP contribution < -0.4 is 0 Å². The number of carbonyl (C=O) groups is 1. The molecule has 2 aromatic rings. The van der Waals surface area contributed by atoms with Crippen LogP contribution in [0.2, 0.25) is 4.34 Å². The highest BCUT2D eigenvalue weighted by Crippen LogP contribution is 2.33. The summed E-state index contributed by atoms with van der Waals surface area (Å²) < 4.78 is 23.3. The lowest BCUT2D eigenvalue weighted by atomic mass is 10.3. The molecule has 5 nitrogen and oxygen atoms in total. The third kappa shape index (κ3) is 4.28. The highest BCUT2D eigenvalue weighted by molar-refractivity contribution is 7.90. The van der Waals surface area contributed by atoms with Crippen molar-refractivity contribution < 1.29 is 13.2 Å². The zero-order valence-electron chi connectivity index (χ0n) is 12.2. The molecule has 0 fully saturated rings. The fraction of sp³-hybridized carbons (Fsp3) is 0.385. The Labute approximate surface area is 142 Å². The van der Waals surface area contributed by atoms with Gasteiger partial charge in [-0.05, 0) is 19.1 Å². The fourth-order valence-electron chi connectivity index (χ4n) is 1.85. The summed E-state index contributed by atoms with van der Waals surface area (Å²) in [6, 6.07) is 3.23. The minimum absolute atomic E-state index is 0.0766. The first-order valence-corrected chi connectivity index (χ1v) is 10.5. The van der Waals surface area contributed by atoms with Crippen LogP contribution in [-0.2, 0) is 9.84 Å². The van der Waals surface area contributed by atoms with E-state index in [4.69, 9.17) is 11.6 Å². The number of hydrogen-bond acceptors (Lipinski definition) is 6. The van der Waals surface area contributed by atoms with Crippen molar-refractivity contribution in [1.29, 1.82) is 0 Å². The van der Waals surface area contributed by atoms with Gasteiger partial charge >= 0.3 is 0 Å². The lowest BCUT2D eigenvalue weighted by Crippen LogP contribution is -2.39. The standard InChI is InChI=1S/C13H15ClN2O3S3/c1-8(7-22(3,18)19)16(2)13(17)9-6-20-12(15-9)10-4-5-11(14)21-10/h4-6,8H,7H2,1-3H3. The Bertz CT molecular complexity index is 782. The van der Waals surface area contributed by atoms with E-state index in [1.54, 1.807) is 25.4 Å². The predicted molar refractivity (Wildman–Crippen MR) is 91.7 cm³/mol. The predicted octanol–water partition coefficient (Wildman–Crippen LogP) is 3.03. The number of carbonyl (C=O) groups excluding carboxylic acids is 1. The molecular weight excluding hydrogens is 364 g/mol. The molecule has 1 amide bonds. The highest BCUT2D eigenvalue weighted by atomic mass is 35.5. The van der Waals surface area contributed by atoms with Crippen LogP contribution in [0, 0.1) is 0 Å². The molecular formula is C13H15ClN2O3S3. The van der Waals surface area contributed by atoms with Crippen molar-refractivity contribution in [2.75, 3.05) is 19.1 Å². The number of nitrogens with zero attached hydrogens (tertiary/aromatic N) is 2. The molecule has 9 heteroatoms. The number of rotatable bonds is 5. The van der Waals surface area contributed by atoms with Crippen molar-refractivity contribution in [3.63, 3.8) is 0 Å². The molecule has 22 heavy (non-hydrogen) atoms. The van der Waals surface area contributed by atoms with E-state index >= 15 is 0 Å². The topological polar surface area (TPSA) is 67.3 Å². The van der Waals surface area contributed by atoms with E-state index < -0.39 is 15.9 Å². The number of amides is 1. The van der Waals surface area contributed by atoms with Crippen molar-refractivity contribution in [2.45, 2.75) is 13.0 Å². The Morgan fingerprint density at radius 3 is 2.68 bits per heavy atom. The van der Waals surface area contributed by atoms with Gasteiger partial charge in [0.15, 0.2) is 0 Å². The van der Waals surface area contributed by atoms with Gasteiger partial charge in [-0.1, -0.05) is 11.6 Å². The van der Waals surface area contributed by atoms with Gasteiger partial charge in [-0.3, -0.25) is 4.79 Å². The van der Waals surface area contributed by atoms with Gasteiger partial charge in [-0.2, -0.15) is 0 Å². The maximum Gasteiger partial charge on any atom is 0.273 e. The Hall–Kier alpha value is -0.960.